The molecule has 1 saturated heterocycles. The van der Waals surface area contributed by atoms with Crippen molar-refractivity contribution in [1.29, 1.82) is 0 Å². The van der Waals surface area contributed by atoms with Gasteiger partial charge in [-0.3, -0.25) is 4.79 Å². The zero-order chi connectivity index (χ0) is 13.8. The summed E-state index contributed by atoms with van der Waals surface area (Å²) in [7, 11) is 0. The number of ether oxygens (including phenoxy) is 1. The Morgan fingerprint density at radius 2 is 1.68 bits per heavy atom. The summed E-state index contributed by atoms with van der Waals surface area (Å²) >= 11 is 0. The first-order valence-corrected chi connectivity index (χ1v) is 7.02. The molecule has 2 fully saturated rings. The number of nitrogens with one attached hydrogen (secondary N) is 2. The minimum atomic E-state index is -0.0809. The number of hydrogen-bond acceptors (Lipinski definition) is 3. The molecule has 1 aliphatic carbocycles. The van der Waals surface area contributed by atoms with E-state index in [0.29, 0.717) is 26.2 Å². The molecule has 0 aromatic heterocycles. The van der Waals surface area contributed by atoms with E-state index in [1.165, 1.54) is 0 Å². The summed E-state index contributed by atoms with van der Waals surface area (Å²) in [5.41, 5.74) is 0. The van der Waals surface area contributed by atoms with Gasteiger partial charge in [0, 0.05) is 32.1 Å². The molecule has 2 N–H and O–H groups in total. The van der Waals surface area contributed by atoms with Crippen LogP contribution in [0.1, 0.15) is 26.7 Å². The first-order chi connectivity index (χ1) is 9.06. The molecule has 0 aromatic carbocycles. The van der Waals surface area contributed by atoms with E-state index in [1.54, 1.807) is 4.90 Å². The van der Waals surface area contributed by atoms with E-state index >= 15 is 0 Å². The van der Waals surface area contributed by atoms with Crippen molar-refractivity contribution in [3.05, 3.63) is 0 Å². The Morgan fingerprint density at radius 3 is 2.26 bits per heavy atom. The number of carbonyl (C=O) groups excluding carboxylic acids is 2. The van der Waals surface area contributed by atoms with Crippen LogP contribution in [-0.4, -0.2) is 55.2 Å². The van der Waals surface area contributed by atoms with E-state index in [1.807, 2.05) is 13.8 Å². The number of carbonyl (C=O) groups is 2. The third-order valence-electron chi connectivity index (χ3n) is 3.36. The van der Waals surface area contributed by atoms with Crippen molar-refractivity contribution in [3.8, 4) is 0 Å². The highest BCUT2D eigenvalue weighted by molar-refractivity contribution is 5.80. The third-order valence-corrected chi connectivity index (χ3v) is 3.36. The fourth-order valence-corrected chi connectivity index (χ4v) is 2.30. The SMILES string of the molecule is CC1CN(C(=O)NCCNC(=O)C2CC2)CC(C)O1. The Bertz CT molecular complexity index is 334. The van der Waals surface area contributed by atoms with E-state index in [2.05, 4.69) is 10.6 Å². The fourth-order valence-electron chi connectivity index (χ4n) is 2.30. The van der Waals surface area contributed by atoms with E-state index in [-0.39, 0.29) is 30.1 Å². The van der Waals surface area contributed by atoms with Crippen molar-refractivity contribution in [2.75, 3.05) is 26.2 Å². The Labute approximate surface area is 113 Å². The smallest absolute Gasteiger partial charge is 0.317 e. The topological polar surface area (TPSA) is 70.7 Å². The van der Waals surface area contributed by atoms with Crippen LogP contribution < -0.4 is 10.6 Å². The summed E-state index contributed by atoms with van der Waals surface area (Å²) in [6, 6.07) is -0.0809. The van der Waals surface area contributed by atoms with Crippen molar-refractivity contribution in [1.82, 2.24) is 15.5 Å². The average Bonchev–Trinajstić information content (AvgIpc) is 3.17. The molecule has 2 unspecified atom stereocenters. The zero-order valence-electron chi connectivity index (χ0n) is 11.6. The number of nitrogens with zero attached hydrogens (tertiary/aromatic N) is 1. The maximum Gasteiger partial charge on any atom is 0.317 e. The van der Waals surface area contributed by atoms with E-state index in [9.17, 15) is 9.59 Å². The second-order valence-corrected chi connectivity index (χ2v) is 5.46. The van der Waals surface area contributed by atoms with Gasteiger partial charge in [0.15, 0.2) is 0 Å². The van der Waals surface area contributed by atoms with Crippen LogP contribution in [0.5, 0.6) is 0 Å². The average molecular weight is 269 g/mol. The minimum absolute atomic E-state index is 0.0732. The van der Waals surface area contributed by atoms with Gasteiger partial charge >= 0.3 is 6.03 Å². The fraction of sp³-hybridized carbons (Fsp3) is 0.846. The molecule has 1 aliphatic heterocycles. The molecule has 6 heteroatoms. The first kappa shape index (κ1) is 14.1. The highest BCUT2D eigenvalue weighted by Gasteiger charge is 2.29. The lowest BCUT2D eigenvalue weighted by molar-refractivity contribution is -0.122. The molecule has 1 saturated carbocycles. The molecule has 0 spiro atoms. The van der Waals surface area contributed by atoms with Crippen LogP contribution in [0.4, 0.5) is 4.79 Å². The van der Waals surface area contributed by atoms with Gasteiger partial charge in [-0.1, -0.05) is 0 Å². The lowest BCUT2D eigenvalue weighted by Crippen LogP contribution is -2.52. The Balaban J connectivity index is 1.61. The number of urea groups is 1. The van der Waals surface area contributed by atoms with Crippen LogP contribution in [-0.2, 0) is 9.53 Å². The van der Waals surface area contributed by atoms with Gasteiger partial charge in [0.25, 0.3) is 0 Å². The molecule has 0 aromatic rings. The van der Waals surface area contributed by atoms with Gasteiger partial charge in [-0.15, -0.1) is 0 Å². The van der Waals surface area contributed by atoms with Crippen molar-refractivity contribution in [2.45, 2.75) is 38.9 Å². The molecule has 2 atom stereocenters. The Kier molecular flexibility index (Phi) is 4.63. The van der Waals surface area contributed by atoms with Crippen LogP contribution >= 0.6 is 0 Å². The van der Waals surface area contributed by atoms with Gasteiger partial charge in [-0.25, -0.2) is 4.79 Å². The normalized spacial score (nSPS) is 26.9. The summed E-state index contributed by atoms with van der Waals surface area (Å²) in [4.78, 5) is 25.1. The zero-order valence-corrected chi connectivity index (χ0v) is 11.6. The van der Waals surface area contributed by atoms with Gasteiger partial charge in [0.05, 0.1) is 12.2 Å². The summed E-state index contributed by atoms with van der Waals surface area (Å²) in [5, 5.41) is 5.65. The van der Waals surface area contributed by atoms with Crippen LogP contribution in [0.25, 0.3) is 0 Å². The molecule has 108 valence electrons. The van der Waals surface area contributed by atoms with Crippen LogP contribution in [0, 0.1) is 5.92 Å². The number of morpholine rings is 1. The molecular weight excluding hydrogens is 246 g/mol. The summed E-state index contributed by atoms with van der Waals surface area (Å²) < 4.78 is 5.58. The number of hydrogen-bond donors (Lipinski definition) is 2. The maximum atomic E-state index is 11.9. The standard InChI is InChI=1S/C13H23N3O3/c1-9-7-16(8-10(2)19-9)13(18)15-6-5-14-12(17)11-3-4-11/h9-11H,3-8H2,1-2H3,(H,14,17)(H,15,18). The summed E-state index contributed by atoms with van der Waals surface area (Å²) in [5.74, 6) is 0.333. The molecule has 1 heterocycles. The van der Waals surface area contributed by atoms with E-state index in [4.69, 9.17) is 4.74 Å². The van der Waals surface area contributed by atoms with E-state index in [0.717, 1.165) is 12.8 Å². The van der Waals surface area contributed by atoms with Gasteiger partial charge < -0.3 is 20.3 Å². The third kappa shape index (κ3) is 4.38. The molecule has 3 amide bonds. The molecular formula is C13H23N3O3. The van der Waals surface area contributed by atoms with Gasteiger partial charge in [-0.2, -0.15) is 0 Å². The van der Waals surface area contributed by atoms with Crippen molar-refractivity contribution >= 4 is 11.9 Å². The molecule has 6 nitrogen and oxygen atoms in total. The number of rotatable bonds is 4. The lowest BCUT2D eigenvalue weighted by atomic mass is 10.2. The Morgan fingerprint density at radius 1 is 1.11 bits per heavy atom. The van der Waals surface area contributed by atoms with Gasteiger partial charge in [-0.05, 0) is 26.7 Å². The number of amides is 3. The quantitative estimate of drug-likeness (QED) is 0.723. The van der Waals surface area contributed by atoms with Crippen LogP contribution in [0.2, 0.25) is 0 Å². The highest BCUT2D eigenvalue weighted by atomic mass is 16.5. The minimum Gasteiger partial charge on any atom is -0.372 e. The largest absolute Gasteiger partial charge is 0.372 e. The summed E-state index contributed by atoms with van der Waals surface area (Å²) in [6.07, 6.45) is 2.15. The second kappa shape index (κ2) is 6.23. The van der Waals surface area contributed by atoms with Gasteiger partial charge in [0.2, 0.25) is 5.91 Å². The maximum absolute atomic E-state index is 11.9. The van der Waals surface area contributed by atoms with Crippen molar-refractivity contribution < 1.29 is 14.3 Å². The second-order valence-electron chi connectivity index (χ2n) is 5.46. The molecule has 0 radical (unpaired) electrons. The van der Waals surface area contributed by atoms with Gasteiger partial charge in [0.1, 0.15) is 0 Å². The monoisotopic (exact) mass is 269 g/mol. The predicted octanol–water partition coefficient (Wildman–Crippen LogP) is 0.331. The van der Waals surface area contributed by atoms with Crippen molar-refractivity contribution in [2.24, 2.45) is 5.92 Å². The summed E-state index contributed by atoms with van der Waals surface area (Å²) in [6.45, 7) is 6.13. The highest BCUT2D eigenvalue weighted by Crippen LogP contribution is 2.28. The first-order valence-electron chi connectivity index (χ1n) is 7.02. The van der Waals surface area contributed by atoms with E-state index < -0.39 is 0 Å². The van der Waals surface area contributed by atoms with Crippen molar-refractivity contribution in [3.63, 3.8) is 0 Å². The molecule has 2 rings (SSSR count). The Hall–Kier alpha value is -1.30. The lowest BCUT2D eigenvalue weighted by Gasteiger charge is -2.35. The predicted molar refractivity (Wildman–Crippen MR) is 70.7 cm³/mol. The molecule has 2 aliphatic rings. The molecule has 0 bridgehead atoms. The van der Waals surface area contributed by atoms with Crippen LogP contribution in [0.3, 0.4) is 0 Å². The molecule has 19 heavy (non-hydrogen) atoms. The van der Waals surface area contributed by atoms with Crippen LogP contribution in [0.15, 0.2) is 0 Å².